The Labute approximate surface area is 89.7 Å². The maximum absolute atomic E-state index is 12.8. The number of hydrogen-bond acceptors (Lipinski definition) is 3. The van der Waals surface area contributed by atoms with Crippen LogP contribution in [0.1, 0.15) is 10.4 Å². The van der Waals surface area contributed by atoms with Gasteiger partial charge in [0.15, 0.2) is 0 Å². The topological polar surface area (TPSA) is 87.2 Å². The molecule has 0 atom stereocenters. The molecular weight excluding hydrogens is 237 g/mol. The van der Waals surface area contributed by atoms with Gasteiger partial charge in [0.2, 0.25) is 0 Å². The van der Waals surface area contributed by atoms with Crippen LogP contribution in [0.5, 0.6) is 0 Å². The predicted octanol–water partition coefficient (Wildman–Crippen LogP) is 1.52. The van der Waals surface area contributed by atoms with E-state index < -0.39 is 21.1 Å². The number of aromatic amines is 1. The van der Waals surface area contributed by atoms with Gasteiger partial charge in [-0.25, -0.2) is 4.79 Å². The van der Waals surface area contributed by atoms with Crippen LogP contribution >= 0.6 is 0 Å². The molecule has 0 saturated heterocycles. The Bertz CT molecular complexity index is 674. The van der Waals surface area contributed by atoms with E-state index in [0.717, 1.165) is 6.20 Å². The summed E-state index contributed by atoms with van der Waals surface area (Å²) in [5.41, 5.74) is 0.258. The Kier molecular flexibility index (Phi) is 2.20. The number of aromatic nitrogens is 1. The van der Waals surface area contributed by atoms with E-state index in [0.29, 0.717) is 0 Å². The number of benzene rings is 1. The summed E-state index contributed by atoms with van der Waals surface area (Å²) in [5.74, 6) is -1.14. The molecule has 1 aromatic carbocycles. The molecule has 0 fully saturated rings. The molecule has 0 radical (unpaired) electrons. The summed E-state index contributed by atoms with van der Waals surface area (Å²) in [6.45, 7) is 0. The molecular formula is C9H6FNO4S. The normalized spacial score (nSPS) is 11.8. The lowest BCUT2D eigenvalue weighted by atomic mass is 10.2. The molecule has 0 aliphatic carbocycles. The zero-order chi connectivity index (χ0) is 11.9. The smallest absolute Gasteiger partial charge is 0.335 e. The van der Waals surface area contributed by atoms with Crippen molar-refractivity contribution in [3.05, 3.63) is 30.0 Å². The third kappa shape index (κ3) is 1.65. The molecule has 0 bridgehead atoms. The van der Waals surface area contributed by atoms with Gasteiger partial charge in [0.05, 0.1) is 5.56 Å². The molecule has 2 rings (SSSR count). The number of H-pyrrole nitrogens is 1. The van der Waals surface area contributed by atoms with Crippen LogP contribution in [-0.4, -0.2) is 24.5 Å². The van der Waals surface area contributed by atoms with E-state index >= 15 is 0 Å². The predicted molar refractivity (Wildman–Crippen MR) is 53.6 cm³/mol. The fourth-order valence-corrected chi connectivity index (χ4v) is 2.07. The first-order chi connectivity index (χ1) is 7.39. The quantitative estimate of drug-likeness (QED) is 0.783. The second-order valence-corrected chi connectivity index (χ2v) is 4.47. The molecule has 1 aromatic heterocycles. The Morgan fingerprint density at radius 1 is 1.38 bits per heavy atom. The third-order valence-corrected chi connectivity index (χ3v) is 3.02. The third-order valence-electron chi connectivity index (χ3n) is 2.15. The average Bonchev–Trinajstić information content (AvgIpc) is 2.58. The number of aromatic carboxylic acids is 1. The monoisotopic (exact) mass is 243 g/mol. The molecule has 2 N–H and O–H groups in total. The summed E-state index contributed by atoms with van der Waals surface area (Å²) in [6, 6.07) is 3.71. The molecule has 0 amide bonds. The van der Waals surface area contributed by atoms with E-state index in [2.05, 4.69) is 4.98 Å². The lowest BCUT2D eigenvalue weighted by Crippen LogP contribution is -1.95. The number of rotatable bonds is 2. The summed E-state index contributed by atoms with van der Waals surface area (Å²) in [5, 5.41) is 8.84. The first kappa shape index (κ1) is 10.6. The van der Waals surface area contributed by atoms with E-state index in [1.807, 2.05) is 0 Å². The molecule has 7 heteroatoms. The Hall–Kier alpha value is -1.89. The van der Waals surface area contributed by atoms with Crippen molar-refractivity contribution in [1.82, 2.24) is 4.98 Å². The highest BCUT2D eigenvalue weighted by Gasteiger charge is 2.18. The molecule has 84 valence electrons. The van der Waals surface area contributed by atoms with Gasteiger partial charge in [-0.15, -0.1) is 3.89 Å². The van der Waals surface area contributed by atoms with Gasteiger partial charge in [0, 0.05) is 17.1 Å². The second kappa shape index (κ2) is 3.31. The summed E-state index contributed by atoms with van der Waals surface area (Å²) >= 11 is 0. The van der Waals surface area contributed by atoms with Crippen molar-refractivity contribution in [1.29, 1.82) is 0 Å². The highest BCUT2D eigenvalue weighted by molar-refractivity contribution is 7.86. The van der Waals surface area contributed by atoms with Crippen LogP contribution < -0.4 is 0 Å². The Morgan fingerprint density at radius 2 is 2.06 bits per heavy atom. The molecule has 1 heterocycles. The van der Waals surface area contributed by atoms with Gasteiger partial charge < -0.3 is 10.1 Å². The number of halogens is 1. The van der Waals surface area contributed by atoms with Gasteiger partial charge in [-0.2, -0.15) is 8.42 Å². The minimum atomic E-state index is -4.80. The van der Waals surface area contributed by atoms with Crippen molar-refractivity contribution < 1.29 is 22.2 Å². The summed E-state index contributed by atoms with van der Waals surface area (Å²) in [7, 11) is -4.80. The standard InChI is InChI=1S/C9H6FNO4S/c10-16(14,15)8-4-11-7-3-5(9(12)13)1-2-6(7)8/h1-4,11H,(H,12,13). The van der Waals surface area contributed by atoms with Gasteiger partial charge >= 0.3 is 16.2 Å². The fraction of sp³-hybridized carbons (Fsp3) is 0. The minimum Gasteiger partial charge on any atom is -0.478 e. The van der Waals surface area contributed by atoms with Gasteiger partial charge in [-0.3, -0.25) is 0 Å². The van der Waals surface area contributed by atoms with E-state index in [9.17, 15) is 17.1 Å². The van der Waals surface area contributed by atoms with Crippen LogP contribution in [0.2, 0.25) is 0 Å². The van der Waals surface area contributed by atoms with E-state index in [1.165, 1.54) is 18.2 Å². The molecule has 2 aromatic rings. The molecule has 0 aliphatic rings. The average molecular weight is 243 g/mol. The highest BCUT2D eigenvalue weighted by atomic mass is 32.3. The molecule has 16 heavy (non-hydrogen) atoms. The fourth-order valence-electron chi connectivity index (χ4n) is 1.43. The van der Waals surface area contributed by atoms with Gasteiger partial charge in [0.1, 0.15) is 4.90 Å². The molecule has 5 nitrogen and oxygen atoms in total. The molecule has 0 spiro atoms. The van der Waals surface area contributed by atoms with Crippen molar-refractivity contribution in [2.75, 3.05) is 0 Å². The Balaban J connectivity index is 2.73. The van der Waals surface area contributed by atoms with Crippen molar-refractivity contribution >= 4 is 27.1 Å². The lowest BCUT2D eigenvalue weighted by molar-refractivity contribution is 0.0697. The van der Waals surface area contributed by atoms with Crippen molar-refractivity contribution in [2.24, 2.45) is 0 Å². The number of carboxylic acid groups (broad SMARTS) is 1. The Morgan fingerprint density at radius 3 is 2.62 bits per heavy atom. The van der Waals surface area contributed by atoms with Crippen LogP contribution in [0.15, 0.2) is 29.3 Å². The molecule has 0 unspecified atom stereocenters. The minimum absolute atomic E-state index is 0.00263. The van der Waals surface area contributed by atoms with E-state index in [-0.39, 0.29) is 16.5 Å². The number of nitrogens with one attached hydrogen (secondary N) is 1. The lowest BCUT2D eigenvalue weighted by Gasteiger charge is -1.95. The van der Waals surface area contributed by atoms with Gasteiger partial charge in [0.25, 0.3) is 0 Å². The number of carbonyl (C=O) groups is 1. The van der Waals surface area contributed by atoms with Crippen LogP contribution in [0, 0.1) is 0 Å². The summed E-state index contributed by atoms with van der Waals surface area (Å²) < 4.78 is 34.2. The summed E-state index contributed by atoms with van der Waals surface area (Å²) in [6.07, 6.45) is 0.992. The zero-order valence-electron chi connectivity index (χ0n) is 7.77. The first-order valence-corrected chi connectivity index (χ1v) is 5.57. The number of carboxylic acids is 1. The summed E-state index contributed by atoms with van der Waals surface area (Å²) in [4.78, 5) is 12.7. The van der Waals surface area contributed by atoms with Crippen LogP contribution in [0.4, 0.5) is 3.89 Å². The largest absolute Gasteiger partial charge is 0.478 e. The maximum atomic E-state index is 12.8. The molecule has 0 aliphatic heterocycles. The van der Waals surface area contributed by atoms with Crippen molar-refractivity contribution in [3.63, 3.8) is 0 Å². The number of hydrogen-bond donors (Lipinski definition) is 2. The van der Waals surface area contributed by atoms with Crippen molar-refractivity contribution in [3.8, 4) is 0 Å². The number of fused-ring (bicyclic) bond motifs is 1. The first-order valence-electron chi connectivity index (χ1n) is 4.18. The highest BCUT2D eigenvalue weighted by Crippen LogP contribution is 2.24. The zero-order valence-corrected chi connectivity index (χ0v) is 8.58. The van der Waals surface area contributed by atoms with Crippen LogP contribution in [0.3, 0.4) is 0 Å². The second-order valence-electron chi connectivity index (χ2n) is 3.16. The van der Waals surface area contributed by atoms with E-state index in [4.69, 9.17) is 5.11 Å². The van der Waals surface area contributed by atoms with Gasteiger partial charge in [-0.1, -0.05) is 6.07 Å². The maximum Gasteiger partial charge on any atom is 0.335 e. The van der Waals surface area contributed by atoms with Crippen molar-refractivity contribution in [2.45, 2.75) is 4.90 Å². The SMILES string of the molecule is O=C(O)c1ccc2c(S(=O)(=O)F)c[nH]c2c1. The van der Waals surface area contributed by atoms with Crippen LogP contribution in [0.25, 0.3) is 10.9 Å². The molecule has 0 saturated carbocycles. The van der Waals surface area contributed by atoms with E-state index in [1.54, 1.807) is 0 Å². The van der Waals surface area contributed by atoms with Crippen LogP contribution in [-0.2, 0) is 10.2 Å². The van der Waals surface area contributed by atoms with Gasteiger partial charge in [-0.05, 0) is 12.1 Å².